The van der Waals surface area contributed by atoms with E-state index in [2.05, 4.69) is 15.2 Å². The number of nitrogens with one attached hydrogen (secondary N) is 1. The van der Waals surface area contributed by atoms with E-state index < -0.39 is 17.2 Å². The lowest BCUT2D eigenvalue weighted by Crippen LogP contribution is -2.43. The number of hydrogen-bond acceptors (Lipinski definition) is 8. The zero-order valence-electron chi connectivity index (χ0n) is 23.2. The zero-order valence-corrected chi connectivity index (χ0v) is 23.2. The van der Waals surface area contributed by atoms with Crippen LogP contribution in [0.1, 0.15) is 45.1 Å². The number of nitrogens with zero attached hydrogens (tertiary/aromatic N) is 5. The van der Waals surface area contributed by atoms with Crippen LogP contribution >= 0.6 is 0 Å². The van der Waals surface area contributed by atoms with Crippen molar-refractivity contribution in [3.8, 4) is 28.6 Å². The number of nitrogens with two attached hydrogens (primary N) is 2. The Morgan fingerprint density at radius 2 is 1.98 bits per heavy atom. The number of rotatable bonds is 8. The van der Waals surface area contributed by atoms with Crippen LogP contribution in [0.5, 0.6) is 0 Å². The molecule has 41 heavy (non-hydrogen) atoms. The monoisotopic (exact) mass is 560 g/mol. The largest absolute Gasteiger partial charge is 0.397 e. The van der Waals surface area contributed by atoms with Gasteiger partial charge in [0.15, 0.2) is 11.5 Å². The highest BCUT2D eigenvalue weighted by Gasteiger charge is 2.27. The smallest absolute Gasteiger partial charge is 0.181 e. The van der Waals surface area contributed by atoms with Crippen LogP contribution in [0, 0.1) is 23.0 Å². The van der Waals surface area contributed by atoms with Gasteiger partial charge >= 0.3 is 0 Å². The third-order valence-electron chi connectivity index (χ3n) is 7.96. The fourth-order valence-corrected chi connectivity index (χ4v) is 5.29. The number of imidazole rings is 1. The summed E-state index contributed by atoms with van der Waals surface area (Å²) >= 11 is 0. The quantitative estimate of drug-likeness (QED) is 0.228. The van der Waals surface area contributed by atoms with E-state index in [-0.39, 0.29) is 29.4 Å². The van der Waals surface area contributed by atoms with Gasteiger partial charge in [0, 0.05) is 49.2 Å². The second-order valence-electron chi connectivity index (χ2n) is 10.6. The van der Waals surface area contributed by atoms with Crippen molar-refractivity contribution >= 4 is 22.8 Å². The molecule has 3 heterocycles. The van der Waals surface area contributed by atoms with Crippen molar-refractivity contribution < 1.29 is 13.9 Å². The summed E-state index contributed by atoms with van der Waals surface area (Å²) < 4.78 is 32.4. The van der Waals surface area contributed by atoms with Gasteiger partial charge in [-0.1, -0.05) is 19.9 Å². The topological polar surface area (TPSA) is 142 Å². The highest BCUT2D eigenvalue weighted by atomic mass is 19.1. The average Bonchev–Trinajstić information content (AvgIpc) is 3.36. The molecule has 9 nitrogen and oxygen atoms in total. The highest BCUT2D eigenvalue weighted by Crippen LogP contribution is 2.39. The van der Waals surface area contributed by atoms with E-state index in [0.717, 1.165) is 19.4 Å². The van der Waals surface area contributed by atoms with Crippen LogP contribution < -0.4 is 21.7 Å². The molecule has 4 aromatic rings. The molecule has 1 fully saturated rings. The summed E-state index contributed by atoms with van der Waals surface area (Å²) in [7, 11) is 0. The van der Waals surface area contributed by atoms with Crippen molar-refractivity contribution in [3.05, 3.63) is 59.9 Å². The normalized spacial score (nSPS) is 15.7. The molecule has 0 aliphatic carbocycles. The van der Waals surface area contributed by atoms with Crippen molar-refractivity contribution in [2.24, 2.45) is 5.73 Å². The number of nitriles is 1. The average molecular weight is 561 g/mol. The van der Waals surface area contributed by atoms with Crippen LogP contribution in [0.25, 0.3) is 28.2 Å². The van der Waals surface area contributed by atoms with Gasteiger partial charge < -0.3 is 26.8 Å². The number of hydrogen-bond donors (Lipinski definition) is 4. The van der Waals surface area contributed by atoms with Crippen LogP contribution in [-0.2, 0) is 0 Å². The number of fused-ring (bicyclic) bond motifs is 1. The van der Waals surface area contributed by atoms with E-state index in [0.29, 0.717) is 53.5 Å². The van der Waals surface area contributed by atoms with Gasteiger partial charge in [0.1, 0.15) is 17.7 Å². The molecule has 0 spiro atoms. The first-order chi connectivity index (χ1) is 19.7. The van der Waals surface area contributed by atoms with Crippen molar-refractivity contribution in [3.63, 3.8) is 0 Å². The molecule has 11 heteroatoms. The molecule has 0 bridgehead atoms. The standard InChI is InChI=1S/C30H34F2N8O/c1-3-30(41,4-2)17-37-25-14-23(32)21(13-24(25)35)27-26(18-7-8-19(15-33)22(31)12-18)38-29-28(36-9-11-40(27)29)39-10-5-6-20(34)16-39/h7-9,11-14,20,37,41H,3-6,10,16-17,34-35H2,1-2H3. The van der Waals surface area contributed by atoms with Gasteiger partial charge in [0.2, 0.25) is 0 Å². The Hall–Kier alpha value is -4.27. The molecule has 2 aromatic carbocycles. The van der Waals surface area contributed by atoms with Crippen molar-refractivity contribution in [1.82, 2.24) is 14.4 Å². The minimum Gasteiger partial charge on any atom is -0.397 e. The predicted octanol–water partition coefficient (Wildman–Crippen LogP) is 4.69. The van der Waals surface area contributed by atoms with Gasteiger partial charge in [-0.3, -0.25) is 4.40 Å². The Labute approximate surface area is 237 Å². The third-order valence-corrected chi connectivity index (χ3v) is 7.96. The van der Waals surface area contributed by atoms with Crippen LogP contribution in [0.4, 0.5) is 26.0 Å². The molecule has 1 saturated heterocycles. The number of aromatic nitrogens is 3. The lowest BCUT2D eigenvalue weighted by molar-refractivity contribution is 0.0457. The minimum absolute atomic E-state index is 0.0114. The molecular weight excluding hydrogens is 526 g/mol. The summed E-state index contributed by atoms with van der Waals surface area (Å²) in [4.78, 5) is 11.5. The van der Waals surface area contributed by atoms with E-state index in [1.165, 1.54) is 24.3 Å². The van der Waals surface area contributed by atoms with Crippen molar-refractivity contribution in [1.29, 1.82) is 5.26 Å². The number of benzene rings is 2. The summed E-state index contributed by atoms with van der Waals surface area (Å²) in [6.07, 6.45) is 6.16. The first-order valence-corrected chi connectivity index (χ1v) is 13.8. The van der Waals surface area contributed by atoms with E-state index >= 15 is 4.39 Å². The summed E-state index contributed by atoms with van der Waals surface area (Å²) in [6, 6.07) is 8.81. The Kier molecular flexibility index (Phi) is 7.80. The van der Waals surface area contributed by atoms with Crippen LogP contribution in [0.3, 0.4) is 0 Å². The van der Waals surface area contributed by atoms with Gasteiger partial charge in [0.25, 0.3) is 0 Å². The SMILES string of the molecule is CCC(O)(CC)CNc1cc(F)c(-c2c(-c3ccc(C#N)c(F)c3)nc3c(N4CCCC(N)C4)nccn23)cc1N. The number of anilines is 3. The summed E-state index contributed by atoms with van der Waals surface area (Å²) in [5.74, 6) is -0.685. The Morgan fingerprint density at radius 3 is 2.66 bits per heavy atom. The van der Waals surface area contributed by atoms with Crippen LogP contribution in [0.15, 0.2) is 42.7 Å². The first-order valence-electron chi connectivity index (χ1n) is 13.8. The molecule has 5 rings (SSSR count). The van der Waals surface area contributed by atoms with Crippen LogP contribution in [0.2, 0.25) is 0 Å². The second-order valence-corrected chi connectivity index (χ2v) is 10.6. The predicted molar refractivity (Wildman–Crippen MR) is 156 cm³/mol. The van der Waals surface area contributed by atoms with E-state index in [1.807, 2.05) is 19.9 Å². The Balaban J connectivity index is 1.68. The van der Waals surface area contributed by atoms with Crippen LogP contribution in [-0.4, -0.2) is 50.8 Å². The first kappa shape index (κ1) is 28.3. The molecule has 1 atom stereocenters. The fourth-order valence-electron chi connectivity index (χ4n) is 5.29. The number of piperidine rings is 1. The molecule has 214 valence electrons. The Morgan fingerprint density at radius 1 is 1.20 bits per heavy atom. The van der Waals surface area contributed by atoms with E-state index in [9.17, 15) is 14.8 Å². The van der Waals surface area contributed by atoms with Gasteiger partial charge in [-0.2, -0.15) is 5.26 Å². The molecule has 0 radical (unpaired) electrons. The highest BCUT2D eigenvalue weighted by molar-refractivity contribution is 5.87. The number of nitrogen functional groups attached to an aromatic ring is 1. The van der Waals surface area contributed by atoms with E-state index in [4.69, 9.17) is 16.5 Å². The van der Waals surface area contributed by atoms with Gasteiger partial charge in [0.05, 0.1) is 33.9 Å². The molecule has 1 unspecified atom stereocenters. The number of aliphatic hydroxyl groups is 1. The zero-order chi connectivity index (χ0) is 29.3. The van der Waals surface area contributed by atoms with Gasteiger partial charge in [-0.15, -0.1) is 0 Å². The number of halogens is 2. The summed E-state index contributed by atoms with van der Waals surface area (Å²) in [5, 5.41) is 23.0. The van der Waals surface area contributed by atoms with Gasteiger partial charge in [-0.25, -0.2) is 18.7 Å². The van der Waals surface area contributed by atoms with Gasteiger partial charge in [-0.05, 0) is 49.9 Å². The second kappa shape index (κ2) is 11.3. The lowest BCUT2D eigenvalue weighted by atomic mass is 9.97. The summed E-state index contributed by atoms with van der Waals surface area (Å²) in [5.41, 5.74) is 13.9. The molecule has 2 aromatic heterocycles. The molecule has 1 aliphatic rings. The summed E-state index contributed by atoms with van der Waals surface area (Å²) in [6.45, 7) is 5.32. The third kappa shape index (κ3) is 5.40. The molecule has 6 N–H and O–H groups in total. The maximum Gasteiger partial charge on any atom is 0.181 e. The molecule has 0 saturated carbocycles. The minimum atomic E-state index is -0.948. The van der Waals surface area contributed by atoms with Crippen molar-refractivity contribution in [2.45, 2.75) is 51.2 Å². The molecule has 1 aliphatic heterocycles. The fraction of sp³-hybridized carbons (Fsp3) is 0.367. The molecular formula is C30H34F2N8O. The van der Waals surface area contributed by atoms with E-state index in [1.54, 1.807) is 22.9 Å². The maximum absolute atomic E-state index is 15.9. The maximum atomic E-state index is 15.9. The van der Waals surface area contributed by atoms with Crippen molar-refractivity contribution in [2.75, 3.05) is 35.6 Å². The molecule has 0 amide bonds. The lowest BCUT2D eigenvalue weighted by Gasteiger charge is -2.31. The Bertz CT molecular complexity index is 1630.